The number of aryl methyl sites for hydroxylation is 3. The Balaban J connectivity index is 0.00000338. The molecule has 1 unspecified atom stereocenters. The van der Waals surface area contributed by atoms with E-state index in [2.05, 4.69) is 20.8 Å². The first-order valence-corrected chi connectivity index (χ1v) is 8.59. The van der Waals surface area contributed by atoms with Gasteiger partial charge in [-0.1, -0.05) is 23.4 Å². The van der Waals surface area contributed by atoms with E-state index in [-0.39, 0.29) is 30.1 Å². The Hall–Kier alpha value is -1.77. The highest BCUT2D eigenvalue weighted by Crippen LogP contribution is 2.17. The third kappa shape index (κ3) is 6.51. The minimum absolute atomic E-state index is 0. The summed E-state index contributed by atoms with van der Waals surface area (Å²) >= 11 is 0. The molecule has 1 aromatic carbocycles. The van der Waals surface area contributed by atoms with E-state index in [1.54, 1.807) is 7.05 Å². The van der Waals surface area contributed by atoms with Gasteiger partial charge in [-0.3, -0.25) is 4.99 Å². The molecule has 1 heterocycles. The molecule has 2 N–H and O–H groups in total. The lowest BCUT2D eigenvalue weighted by Gasteiger charge is -2.18. The normalized spacial score (nSPS) is 12.3. The van der Waals surface area contributed by atoms with Crippen LogP contribution in [-0.2, 0) is 6.42 Å². The molecule has 0 aliphatic carbocycles. The predicted octanol–water partition coefficient (Wildman–Crippen LogP) is 3.39. The molecule has 7 heteroatoms. The molecule has 144 valence electrons. The van der Waals surface area contributed by atoms with Crippen LogP contribution in [0.5, 0.6) is 5.75 Å². The lowest BCUT2D eigenvalue weighted by atomic mass is 10.1. The van der Waals surface area contributed by atoms with Crippen molar-refractivity contribution in [1.29, 1.82) is 0 Å². The molecule has 0 saturated carbocycles. The maximum absolute atomic E-state index is 5.97. The number of ether oxygens (including phenoxy) is 1. The number of aromatic nitrogens is 1. The number of hydrogen-bond acceptors (Lipinski definition) is 4. The first kappa shape index (κ1) is 22.3. The average molecular weight is 472 g/mol. The number of para-hydroxylation sites is 1. The molecule has 0 aliphatic heterocycles. The van der Waals surface area contributed by atoms with Crippen LogP contribution in [0.1, 0.15) is 29.5 Å². The number of halogens is 1. The van der Waals surface area contributed by atoms with Crippen LogP contribution in [0.3, 0.4) is 0 Å². The molecule has 0 fully saturated rings. The lowest BCUT2D eigenvalue weighted by Crippen LogP contribution is -2.42. The van der Waals surface area contributed by atoms with Gasteiger partial charge in [-0.05, 0) is 45.7 Å². The molecular weight excluding hydrogens is 443 g/mol. The van der Waals surface area contributed by atoms with E-state index in [4.69, 9.17) is 9.26 Å². The number of nitrogens with zero attached hydrogens (tertiary/aromatic N) is 2. The Bertz CT molecular complexity index is 696. The smallest absolute Gasteiger partial charge is 0.191 e. The van der Waals surface area contributed by atoms with Crippen molar-refractivity contribution in [3.05, 3.63) is 46.8 Å². The monoisotopic (exact) mass is 472 g/mol. The fraction of sp³-hybridized carbons (Fsp3) is 0.474. The van der Waals surface area contributed by atoms with E-state index in [0.717, 1.165) is 47.3 Å². The topological polar surface area (TPSA) is 71.7 Å². The van der Waals surface area contributed by atoms with Gasteiger partial charge >= 0.3 is 0 Å². The molecule has 0 aliphatic rings. The minimum atomic E-state index is 0. The van der Waals surface area contributed by atoms with Gasteiger partial charge in [0.1, 0.15) is 17.6 Å². The Morgan fingerprint density at radius 3 is 2.58 bits per heavy atom. The van der Waals surface area contributed by atoms with Gasteiger partial charge in [0.05, 0.1) is 12.2 Å². The molecular formula is C19H29IN4O2. The second kappa shape index (κ2) is 11.1. The number of hydrogen-bond donors (Lipinski definition) is 2. The van der Waals surface area contributed by atoms with Crippen molar-refractivity contribution < 1.29 is 9.26 Å². The van der Waals surface area contributed by atoms with Crippen molar-refractivity contribution in [3.63, 3.8) is 0 Å². The second-order valence-electron chi connectivity index (χ2n) is 6.13. The summed E-state index contributed by atoms with van der Waals surface area (Å²) in [6, 6.07) is 8.03. The van der Waals surface area contributed by atoms with Gasteiger partial charge in [0, 0.05) is 19.2 Å². The number of aliphatic imine (C=N–C) groups is 1. The lowest BCUT2D eigenvalue weighted by molar-refractivity contribution is 0.222. The van der Waals surface area contributed by atoms with Gasteiger partial charge in [0.15, 0.2) is 5.96 Å². The van der Waals surface area contributed by atoms with Crippen LogP contribution in [-0.4, -0.2) is 37.4 Å². The molecule has 0 saturated heterocycles. The van der Waals surface area contributed by atoms with Crippen LogP contribution >= 0.6 is 24.0 Å². The van der Waals surface area contributed by atoms with E-state index in [0.29, 0.717) is 6.54 Å². The summed E-state index contributed by atoms with van der Waals surface area (Å²) in [6.45, 7) is 9.41. The van der Waals surface area contributed by atoms with E-state index in [1.165, 1.54) is 0 Å². The highest BCUT2D eigenvalue weighted by atomic mass is 127. The number of rotatable bonds is 7. The Labute approximate surface area is 172 Å². The zero-order valence-corrected chi connectivity index (χ0v) is 18.5. The largest absolute Gasteiger partial charge is 0.489 e. The van der Waals surface area contributed by atoms with Crippen molar-refractivity contribution >= 4 is 29.9 Å². The van der Waals surface area contributed by atoms with Crippen LogP contribution in [0.4, 0.5) is 0 Å². The molecule has 0 spiro atoms. The van der Waals surface area contributed by atoms with Crippen LogP contribution in [0, 0.1) is 20.8 Å². The van der Waals surface area contributed by atoms with Crippen molar-refractivity contribution in [2.75, 3.05) is 20.1 Å². The number of benzene rings is 1. The van der Waals surface area contributed by atoms with E-state index in [9.17, 15) is 0 Å². The SMILES string of the molecule is CN=C(NCCc1c(C)noc1C)NCC(C)Oc1ccccc1C.I. The van der Waals surface area contributed by atoms with Gasteiger partial charge in [0.25, 0.3) is 0 Å². The predicted molar refractivity (Wildman–Crippen MR) is 116 cm³/mol. The molecule has 0 radical (unpaired) electrons. The molecule has 2 rings (SSSR count). The Kier molecular flexibility index (Phi) is 9.47. The van der Waals surface area contributed by atoms with Crippen LogP contribution in [0.15, 0.2) is 33.8 Å². The molecule has 6 nitrogen and oxygen atoms in total. The van der Waals surface area contributed by atoms with Crippen LogP contribution < -0.4 is 15.4 Å². The second-order valence-corrected chi connectivity index (χ2v) is 6.13. The summed E-state index contributed by atoms with van der Waals surface area (Å²) in [6.07, 6.45) is 0.874. The summed E-state index contributed by atoms with van der Waals surface area (Å²) < 4.78 is 11.2. The summed E-state index contributed by atoms with van der Waals surface area (Å²) in [5, 5.41) is 10.6. The summed E-state index contributed by atoms with van der Waals surface area (Å²) in [5.41, 5.74) is 3.23. The molecule has 1 atom stereocenters. The zero-order chi connectivity index (χ0) is 18.2. The standard InChI is InChI=1S/C19H28N4O2.HI/c1-13-8-6-7-9-18(13)24-14(2)12-22-19(20-5)21-11-10-17-15(3)23-25-16(17)4;/h6-9,14H,10-12H2,1-5H3,(H2,20,21,22);1H. The summed E-state index contributed by atoms with van der Waals surface area (Å²) in [5.74, 6) is 2.55. The zero-order valence-electron chi connectivity index (χ0n) is 16.1. The first-order valence-electron chi connectivity index (χ1n) is 8.59. The quantitative estimate of drug-likeness (QED) is 0.367. The van der Waals surface area contributed by atoms with Gasteiger partial charge in [-0.25, -0.2) is 0 Å². The average Bonchev–Trinajstić information content (AvgIpc) is 2.91. The van der Waals surface area contributed by atoms with Gasteiger partial charge in [0.2, 0.25) is 0 Å². The van der Waals surface area contributed by atoms with Crippen LogP contribution in [0.2, 0.25) is 0 Å². The molecule has 1 aromatic heterocycles. The maximum Gasteiger partial charge on any atom is 0.191 e. The third-order valence-electron chi connectivity index (χ3n) is 4.05. The third-order valence-corrected chi connectivity index (χ3v) is 4.05. The minimum Gasteiger partial charge on any atom is -0.489 e. The van der Waals surface area contributed by atoms with Gasteiger partial charge in [-0.2, -0.15) is 0 Å². The van der Waals surface area contributed by atoms with E-state index >= 15 is 0 Å². The molecule has 0 bridgehead atoms. The fourth-order valence-electron chi connectivity index (χ4n) is 2.57. The Morgan fingerprint density at radius 1 is 1.23 bits per heavy atom. The van der Waals surface area contributed by atoms with E-state index in [1.807, 2.05) is 52.0 Å². The summed E-state index contributed by atoms with van der Waals surface area (Å²) in [7, 11) is 1.76. The van der Waals surface area contributed by atoms with Crippen molar-refractivity contribution in [3.8, 4) is 5.75 Å². The van der Waals surface area contributed by atoms with Crippen molar-refractivity contribution in [1.82, 2.24) is 15.8 Å². The number of nitrogens with one attached hydrogen (secondary N) is 2. The van der Waals surface area contributed by atoms with Crippen LogP contribution in [0.25, 0.3) is 0 Å². The van der Waals surface area contributed by atoms with Crippen molar-refractivity contribution in [2.24, 2.45) is 4.99 Å². The molecule has 0 amide bonds. The van der Waals surface area contributed by atoms with E-state index < -0.39 is 0 Å². The first-order chi connectivity index (χ1) is 12.0. The molecule has 26 heavy (non-hydrogen) atoms. The number of guanidine groups is 1. The fourth-order valence-corrected chi connectivity index (χ4v) is 2.57. The Morgan fingerprint density at radius 2 is 1.96 bits per heavy atom. The summed E-state index contributed by atoms with van der Waals surface area (Å²) in [4.78, 5) is 4.25. The highest BCUT2D eigenvalue weighted by molar-refractivity contribution is 14.0. The van der Waals surface area contributed by atoms with Gasteiger partial charge in [-0.15, -0.1) is 24.0 Å². The van der Waals surface area contributed by atoms with Crippen molar-refractivity contribution in [2.45, 2.75) is 40.2 Å². The highest BCUT2D eigenvalue weighted by Gasteiger charge is 2.10. The molecule has 2 aromatic rings. The van der Waals surface area contributed by atoms with Gasteiger partial charge < -0.3 is 19.9 Å². The maximum atomic E-state index is 5.97.